The van der Waals surface area contributed by atoms with Gasteiger partial charge in [0.05, 0.1) is 17.5 Å². The number of likely N-dealkylation sites (tertiary alicyclic amines) is 1. The van der Waals surface area contributed by atoms with E-state index in [1.165, 1.54) is 5.56 Å². The van der Waals surface area contributed by atoms with Gasteiger partial charge in [0, 0.05) is 38.1 Å². The van der Waals surface area contributed by atoms with E-state index in [9.17, 15) is 13.2 Å². The van der Waals surface area contributed by atoms with Crippen molar-refractivity contribution < 1.29 is 13.2 Å². The third kappa shape index (κ3) is 4.39. The molecule has 26 heavy (non-hydrogen) atoms. The maximum Gasteiger partial charge on any atom is 0.239 e. The van der Waals surface area contributed by atoms with Crippen LogP contribution in [0, 0.1) is 0 Å². The van der Waals surface area contributed by atoms with Gasteiger partial charge in [-0.2, -0.15) is 0 Å². The topological polar surface area (TPSA) is 83.7 Å². The molecular weight excluding hydrogens is 374 g/mol. The summed E-state index contributed by atoms with van der Waals surface area (Å²) in [6.07, 6.45) is 0.531. The Labute approximate surface area is 162 Å². The molecule has 1 aromatic carbocycles. The van der Waals surface area contributed by atoms with E-state index in [2.05, 4.69) is 17.0 Å². The van der Waals surface area contributed by atoms with Crippen LogP contribution in [-0.2, 0) is 14.6 Å². The predicted octanol–water partition coefficient (Wildman–Crippen LogP) is 0.869. The fourth-order valence-electron chi connectivity index (χ4n) is 3.94. The third-order valence-electron chi connectivity index (χ3n) is 5.63. The van der Waals surface area contributed by atoms with Crippen molar-refractivity contribution in [3.05, 3.63) is 35.9 Å². The molecule has 2 N–H and O–H groups in total. The van der Waals surface area contributed by atoms with E-state index in [1.807, 2.05) is 25.1 Å². The summed E-state index contributed by atoms with van der Waals surface area (Å²) in [6, 6.07) is 9.65. The molecule has 3 rings (SSSR count). The Kier molecular flexibility index (Phi) is 6.71. The molecule has 2 fully saturated rings. The minimum absolute atomic E-state index is 0. The van der Waals surface area contributed by atoms with E-state index in [1.54, 1.807) is 11.9 Å². The number of carbonyl (C=O) groups excluding carboxylic acids is 1. The number of carbonyl (C=O) groups is 1. The molecule has 6 nitrogen and oxygen atoms in total. The molecule has 8 heteroatoms. The van der Waals surface area contributed by atoms with E-state index in [0.29, 0.717) is 13.0 Å². The normalized spacial score (nSPS) is 29.1. The zero-order valence-corrected chi connectivity index (χ0v) is 16.9. The van der Waals surface area contributed by atoms with Gasteiger partial charge < -0.3 is 10.6 Å². The van der Waals surface area contributed by atoms with Gasteiger partial charge in [0.25, 0.3) is 0 Å². The van der Waals surface area contributed by atoms with Gasteiger partial charge in [-0.15, -0.1) is 12.4 Å². The molecule has 0 aromatic heterocycles. The van der Waals surface area contributed by atoms with Crippen molar-refractivity contribution in [2.75, 3.05) is 31.6 Å². The molecule has 2 unspecified atom stereocenters. The zero-order valence-electron chi connectivity index (χ0n) is 15.2. The van der Waals surface area contributed by atoms with E-state index in [4.69, 9.17) is 5.73 Å². The van der Waals surface area contributed by atoms with E-state index in [-0.39, 0.29) is 53.9 Å². The quantitative estimate of drug-likeness (QED) is 0.809. The number of hydrogen-bond acceptors (Lipinski definition) is 5. The standard InChI is InChI=1S/C18H27N3O3S.ClH/c1-13(18(22)20(2)15-8-9-25(23,24)12-15)21-10-16(17(19)11-21)14-6-4-3-5-7-14;/h3-7,13,15-17H,8-12,19H2,1-2H3;1H/t13?,15?,16-,17+;/m0./s1. The summed E-state index contributed by atoms with van der Waals surface area (Å²) < 4.78 is 23.3. The lowest BCUT2D eigenvalue weighted by Gasteiger charge is -2.31. The van der Waals surface area contributed by atoms with Gasteiger partial charge in [-0.05, 0) is 18.9 Å². The first kappa shape index (κ1) is 21.2. The number of nitrogens with two attached hydrogens (primary N) is 1. The largest absolute Gasteiger partial charge is 0.340 e. The van der Waals surface area contributed by atoms with Crippen LogP contribution < -0.4 is 5.73 Å². The van der Waals surface area contributed by atoms with Crippen molar-refractivity contribution in [2.45, 2.75) is 37.4 Å². The van der Waals surface area contributed by atoms with Crippen LogP contribution in [0.3, 0.4) is 0 Å². The second-order valence-electron chi connectivity index (χ2n) is 7.32. The minimum atomic E-state index is -3.00. The molecule has 0 spiro atoms. The Morgan fingerprint density at radius 3 is 2.50 bits per heavy atom. The fourth-order valence-corrected chi connectivity index (χ4v) is 5.72. The Hall–Kier alpha value is -1.15. The highest BCUT2D eigenvalue weighted by Crippen LogP contribution is 2.28. The summed E-state index contributed by atoms with van der Waals surface area (Å²) in [5.41, 5.74) is 7.53. The molecule has 0 bridgehead atoms. The van der Waals surface area contributed by atoms with Crippen LogP contribution in [0.2, 0.25) is 0 Å². The smallest absolute Gasteiger partial charge is 0.239 e. The Balaban J connectivity index is 0.00000243. The van der Waals surface area contributed by atoms with Gasteiger partial charge in [-0.25, -0.2) is 8.42 Å². The van der Waals surface area contributed by atoms with Crippen molar-refractivity contribution in [1.29, 1.82) is 0 Å². The number of halogens is 1. The maximum absolute atomic E-state index is 12.8. The molecule has 2 aliphatic rings. The van der Waals surface area contributed by atoms with Crippen LogP contribution in [-0.4, -0.2) is 73.9 Å². The number of rotatable bonds is 4. The summed E-state index contributed by atoms with van der Waals surface area (Å²) >= 11 is 0. The molecule has 0 saturated carbocycles. The average molecular weight is 402 g/mol. The lowest BCUT2D eigenvalue weighted by atomic mass is 9.95. The molecule has 2 heterocycles. The van der Waals surface area contributed by atoms with Crippen LogP contribution >= 0.6 is 12.4 Å². The number of nitrogens with zero attached hydrogens (tertiary/aromatic N) is 2. The number of amides is 1. The maximum atomic E-state index is 12.8. The average Bonchev–Trinajstić information content (AvgIpc) is 3.16. The zero-order chi connectivity index (χ0) is 18.2. The van der Waals surface area contributed by atoms with Gasteiger partial charge in [0.1, 0.15) is 0 Å². The van der Waals surface area contributed by atoms with Gasteiger partial charge in [0.2, 0.25) is 5.91 Å². The van der Waals surface area contributed by atoms with Crippen LogP contribution in [0.15, 0.2) is 30.3 Å². The molecular formula is C18H28ClN3O3S. The Morgan fingerprint density at radius 1 is 1.27 bits per heavy atom. The number of likely N-dealkylation sites (N-methyl/N-ethyl adjacent to an activating group) is 1. The Morgan fingerprint density at radius 2 is 1.92 bits per heavy atom. The molecule has 2 aliphatic heterocycles. The van der Waals surface area contributed by atoms with E-state index in [0.717, 1.165) is 6.54 Å². The summed E-state index contributed by atoms with van der Waals surface area (Å²) in [6.45, 7) is 3.31. The van der Waals surface area contributed by atoms with E-state index >= 15 is 0 Å². The van der Waals surface area contributed by atoms with Crippen molar-refractivity contribution >= 4 is 28.2 Å². The predicted molar refractivity (Wildman–Crippen MR) is 105 cm³/mol. The van der Waals surface area contributed by atoms with Gasteiger partial charge >= 0.3 is 0 Å². The van der Waals surface area contributed by atoms with Gasteiger partial charge in [-0.1, -0.05) is 30.3 Å². The molecule has 0 radical (unpaired) electrons. The SMILES string of the molecule is CC(C(=O)N(C)C1CCS(=O)(=O)C1)N1C[C@@H](N)[C@H](c2ccccc2)C1.Cl. The number of sulfone groups is 1. The summed E-state index contributed by atoms with van der Waals surface area (Å²) in [7, 11) is -1.28. The molecule has 146 valence electrons. The molecule has 1 amide bonds. The van der Waals surface area contributed by atoms with Crippen LogP contribution in [0.25, 0.3) is 0 Å². The van der Waals surface area contributed by atoms with Crippen LogP contribution in [0.1, 0.15) is 24.8 Å². The molecule has 2 saturated heterocycles. The van der Waals surface area contributed by atoms with Crippen molar-refractivity contribution in [2.24, 2.45) is 5.73 Å². The summed E-state index contributed by atoms with van der Waals surface area (Å²) in [5.74, 6) is 0.444. The minimum Gasteiger partial charge on any atom is -0.340 e. The summed E-state index contributed by atoms with van der Waals surface area (Å²) in [5, 5.41) is 0. The third-order valence-corrected chi connectivity index (χ3v) is 7.38. The monoisotopic (exact) mass is 401 g/mol. The molecule has 1 aromatic rings. The van der Waals surface area contributed by atoms with Gasteiger partial charge in [-0.3, -0.25) is 9.69 Å². The first-order valence-electron chi connectivity index (χ1n) is 8.80. The summed E-state index contributed by atoms with van der Waals surface area (Å²) in [4.78, 5) is 16.6. The van der Waals surface area contributed by atoms with E-state index < -0.39 is 9.84 Å². The Bertz CT molecular complexity index is 728. The van der Waals surface area contributed by atoms with Crippen molar-refractivity contribution in [3.63, 3.8) is 0 Å². The number of hydrogen-bond donors (Lipinski definition) is 1. The van der Waals surface area contributed by atoms with Crippen LogP contribution in [0.5, 0.6) is 0 Å². The highest BCUT2D eigenvalue weighted by Gasteiger charge is 2.39. The second-order valence-corrected chi connectivity index (χ2v) is 9.55. The lowest BCUT2D eigenvalue weighted by Crippen LogP contribution is -2.49. The first-order valence-corrected chi connectivity index (χ1v) is 10.6. The van der Waals surface area contributed by atoms with Crippen molar-refractivity contribution in [1.82, 2.24) is 9.80 Å². The van der Waals surface area contributed by atoms with Gasteiger partial charge in [0.15, 0.2) is 9.84 Å². The lowest BCUT2D eigenvalue weighted by molar-refractivity contribution is -0.136. The van der Waals surface area contributed by atoms with Crippen LogP contribution in [0.4, 0.5) is 0 Å². The highest BCUT2D eigenvalue weighted by molar-refractivity contribution is 7.91. The fraction of sp³-hybridized carbons (Fsp3) is 0.611. The first-order chi connectivity index (χ1) is 11.8. The highest BCUT2D eigenvalue weighted by atomic mass is 35.5. The number of benzene rings is 1. The molecule has 4 atom stereocenters. The molecule has 0 aliphatic carbocycles. The second kappa shape index (κ2) is 8.25. The van der Waals surface area contributed by atoms with Crippen molar-refractivity contribution in [3.8, 4) is 0 Å².